The molecule has 2 rings (SSSR count). The minimum absolute atomic E-state index is 0.0585. The van der Waals surface area contributed by atoms with Crippen molar-refractivity contribution >= 4 is 5.78 Å². The maximum Gasteiger partial charge on any atom is 0.166 e. The van der Waals surface area contributed by atoms with Gasteiger partial charge in [0.2, 0.25) is 0 Å². The summed E-state index contributed by atoms with van der Waals surface area (Å²) in [6.07, 6.45) is 6.39. The smallest absolute Gasteiger partial charge is 0.166 e. The van der Waals surface area contributed by atoms with Gasteiger partial charge in [0, 0.05) is 23.9 Å². The first-order chi connectivity index (χ1) is 7.66. The number of ether oxygens (including phenoxy) is 1. The molecule has 0 spiro atoms. The van der Waals surface area contributed by atoms with Gasteiger partial charge < -0.3 is 9.30 Å². The van der Waals surface area contributed by atoms with Crippen LogP contribution >= 0.6 is 0 Å². The van der Waals surface area contributed by atoms with Crippen LogP contribution in [-0.2, 0) is 11.5 Å². The van der Waals surface area contributed by atoms with Crippen LogP contribution in [0.4, 0.5) is 0 Å². The van der Waals surface area contributed by atoms with Crippen molar-refractivity contribution in [3.05, 3.63) is 24.0 Å². The highest BCUT2D eigenvalue weighted by atomic mass is 16.5. The summed E-state index contributed by atoms with van der Waals surface area (Å²) in [4.78, 5) is 11.7. The number of Topliss-reactive ketones (excluding diaryl/α,β-unsaturated/α-hetero) is 1. The molecule has 0 aliphatic heterocycles. The van der Waals surface area contributed by atoms with Gasteiger partial charge in [-0.15, -0.1) is 0 Å². The van der Waals surface area contributed by atoms with Crippen LogP contribution in [0.3, 0.4) is 0 Å². The summed E-state index contributed by atoms with van der Waals surface area (Å²) in [5, 5.41) is 0. The van der Waals surface area contributed by atoms with Crippen LogP contribution in [0.15, 0.2) is 18.5 Å². The summed E-state index contributed by atoms with van der Waals surface area (Å²) in [6.45, 7) is 5.25. The Labute approximate surface area is 96.4 Å². The second kappa shape index (κ2) is 4.83. The van der Waals surface area contributed by atoms with E-state index in [1.54, 1.807) is 0 Å². The fourth-order valence-electron chi connectivity index (χ4n) is 1.61. The highest BCUT2D eigenvalue weighted by Crippen LogP contribution is 2.28. The summed E-state index contributed by atoms with van der Waals surface area (Å²) >= 11 is 0. The topological polar surface area (TPSA) is 31.2 Å². The molecule has 88 valence electrons. The van der Waals surface area contributed by atoms with Crippen LogP contribution in [0.25, 0.3) is 0 Å². The van der Waals surface area contributed by atoms with Gasteiger partial charge in [0.1, 0.15) is 6.73 Å². The third-order valence-electron chi connectivity index (χ3n) is 2.85. The number of aromatic nitrogens is 1. The molecule has 16 heavy (non-hydrogen) atoms. The van der Waals surface area contributed by atoms with E-state index in [1.165, 1.54) is 12.8 Å². The molecule has 3 nitrogen and oxygen atoms in total. The van der Waals surface area contributed by atoms with E-state index in [9.17, 15) is 4.79 Å². The van der Waals surface area contributed by atoms with Gasteiger partial charge in [-0.25, -0.2) is 0 Å². The zero-order valence-electron chi connectivity index (χ0n) is 9.98. The molecule has 0 amide bonds. The van der Waals surface area contributed by atoms with Crippen LogP contribution in [-0.4, -0.2) is 17.0 Å². The van der Waals surface area contributed by atoms with E-state index >= 15 is 0 Å². The Morgan fingerprint density at radius 2 is 2.31 bits per heavy atom. The van der Waals surface area contributed by atoms with Crippen molar-refractivity contribution in [1.29, 1.82) is 0 Å². The molecule has 1 saturated carbocycles. The van der Waals surface area contributed by atoms with Gasteiger partial charge in [-0.05, 0) is 24.8 Å². The third kappa shape index (κ3) is 2.95. The fourth-order valence-corrected chi connectivity index (χ4v) is 1.61. The van der Waals surface area contributed by atoms with Gasteiger partial charge in [0.15, 0.2) is 5.78 Å². The van der Waals surface area contributed by atoms with Crippen molar-refractivity contribution in [1.82, 2.24) is 4.57 Å². The SMILES string of the molecule is CC(C)C(=O)c1ccn(COCC2CC2)c1. The zero-order chi connectivity index (χ0) is 11.5. The number of carbonyl (C=O) groups excluding carboxylic acids is 1. The summed E-state index contributed by atoms with van der Waals surface area (Å²) in [6, 6.07) is 1.86. The molecule has 0 atom stereocenters. The van der Waals surface area contributed by atoms with Gasteiger partial charge in [0.05, 0.1) is 6.61 Å². The van der Waals surface area contributed by atoms with Crippen molar-refractivity contribution in [3.63, 3.8) is 0 Å². The number of hydrogen-bond acceptors (Lipinski definition) is 2. The Morgan fingerprint density at radius 3 is 2.94 bits per heavy atom. The molecule has 0 aromatic carbocycles. The van der Waals surface area contributed by atoms with E-state index < -0.39 is 0 Å². The molecule has 1 fully saturated rings. The van der Waals surface area contributed by atoms with Gasteiger partial charge in [-0.2, -0.15) is 0 Å². The Hall–Kier alpha value is -1.09. The number of ketones is 1. The van der Waals surface area contributed by atoms with E-state index in [1.807, 2.05) is 36.9 Å². The van der Waals surface area contributed by atoms with Crippen molar-refractivity contribution in [2.75, 3.05) is 6.61 Å². The van der Waals surface area contributed by atoms with Crippen LogP contribution in [0.5, 0.6) is 0 Å². The largest absolute Gasteiger partial charge is 0.361 e. The summed E-state index contributed by atoms with van der Waals surface area (Å²) in [5.74, 6) is 1.04. The van der Waals surface area contributed by atoms with Crippen molar-refractivity contribution in [2.45, 2.75) is 33.4 Å². The van der Waals surface area contributed by atoms with Gasteiger partial charge in [-0.1, -0.05) is 13.8 Å². The van der Waals surface area contributed by atoms with Gasteiger partial charge in [-0.3, -0.25) is 4.79 Å². The molecule has 1 aliphatic rings. The minimum atomic E-state index is 0.0585. The lowest BCUT2D eigenvalue weighted by atomic mass is 10.0. The Kier molecular flexibility index (Phi) is 3.44. The molecule has 1 aliphatic carbocycles. The molecule has 0 N–H and O–H groups in total. The first-order valence-electron chi connectivity index (χ1n) is 5.94. The Morgan fingerprint density at radius 1 is 1.56 bits per heavy atom. The predicted molar refractivity (Wildman–Crippen MR) is 62.3 cm³/mol. The van der Waals surface area contributed by atoms with Crippen LogP contribution in [0, 0.1) is 11.8 Å². The van der Waals surface area contributed by atoms with E-state index in [0.717, 1.165) is 18.1 Å². The highest BCUT2D eigenvalue weighted by molar-refractivity contribution is 5.97. The molecule has 1 aromatic rings. The molecule has 1 heterocycles. The number of carbonyl (C=O) groups is 1. The van der Waals surface area contributed by atoms with Gasteiger partial charge >= 0.3 is 0 Å². The van der Waals surface area contributed by atoms with Crippen molar-refractivity contribution < 1.29 is 9.53 Å². The normalized spacial score (nSPS) is 15.7. The average molecular weight is 221 g/mol. The maximum absolute atomic E-state index is 11.7. The zero-order valence-corrected chi connectivity index (χ0v) is 9.98. The average Bonchev–Trinajstić information content (AvgIpc) is 2.94. The lowest BCUT2D eigenvalue weighted by Crippen LogP contribution is -2.07. The molecular formula is C13H19NO2. The molecule has 0 unspecified atom stereocenters. The van der Waals surface area contributed by atoms with Crippen molar-refractivity contribution in [3.8, 4) is 0 Å². The number of hydrogen-bond donors (Lipinski definition) is 0. The first-order valence-corrected chi connectivity index (χ1v) is 5.94. The first kappa shape index (κ1) is 11.4. The maximum atomic E-state index is 11.7. The van der Waals surface area contributed by atoms with Crippen LogP contribution < -0.4 is 0 Å². The third-order valence-corrected chi connectivity index (χ3v) is 2.85. The quantitative estimate of drug-likeness (QED) is 0.692. The number of rotatable bonds is 6. The van der Waals surface area contributed by atoms with E-state index in [-0.39, 0.29) is 11.7 Å². The Bertz CT molecular complexity index is 364. The molecule has 0 bridgehead atoms. The minimum Gasteiger partial charge on any atom is -0.361 e. The molecule has 0 radical (unpaired) electrons. The fraction of sp³-hybridized carbons (Fsp3) is 0.615. The Balaban J connectivity index is 1.83. The molecular weight excluding hydrogens is 202 g/mol. The molecule has 1 aromatic heterocycles. The second-order valence-corrected chi connectivity index (χ2v) is 4.88. The predicted octanol–water partition coefficient (Wildman–Crippen LogP) is 2.71. The molecule has 0 saturated heterocycles. The lowest BCUT2D eigenvalue weighted by Gasteiger charge is -2.04. The van der Waals surface area contributed by atoms with Crippen molar-refractivity contribution in [2.24, 2.45) is 11.8 Å². The van der Waals surface area contributed by atoms with Gasteiger partial charge in [0.25, 0.3) is 0 Å². The summed E-state index contributed by atoms with van der Waals surface area (Å²) in [7, 11) is 0. The van der Waals surface area contributed by atoms with Crippen LogP contribution in [0.1, 0.15) is 37.0 Å². The lowest BCUT2D eigenvalue weighted by molar-refractivity contribution is 0.0691. The monoisotopic (exact) mass is 221 g/mol. The van der Waals surface area contributed by atoms with E-state index in [4.69, 9.17) is 4.74 Å². The number of nitrogens with zero attached hydrogens (tertiary/aromatic N) is 1. The molecule has 3 heteroatoms. The highest BCUT2D eigenvalue weighted by Gasteiger charge is 2.21. The van der Waals surface area contributed by atoms with E-state index in [0.29, 0.717) is 6.73 Å². The van der Waals surface area contributed by atoms with Crippen LogP contribution in [0.2, 0.25) is 0 Å². The van der Waals surface area contributed by atoms with E-state index in [2.05, 4.69) is 0 Å². The summed E-state index contributed by atoms with van der Waals surface area (Å²) < 4.78 is 7.48. The standard InChI is InChI=1S/C13H19NO2/c1-10(2)13(15)12-5-6-14(7-12)9-16-8-11-3-4-11/h5-7,10-11H,3-4,8-9H2,1-2H3. The summed E-state index contributed by atoms with van der Waals surface area (Å²) in [5.41, 5.74) is 0.782. The second-order valence-electron chi connectivity index (χ2n) is 4.88.